The Morgan fingerprint density at radius 1 is 1.40 bits per heavy atom. The third-order valence-electron chi connectivity index (χ3n) is 6.35. The lowest BCUT2D eigenvalue weighted by atomic mass is 9.60. The Labute approximate surface area is 148 Å². The summed E-state index contributed by atoms with van der Waals surface area (Å²) in [5.41, 5.74) is 2.74. The summed E-state index contributed by atoms with van der Waals surface area (Å²) >= 11 is 0. The normalized spacial score (nSPS) is 24.6. The number of ether oxygens (including phenoxy) is 1. The van der Waals surface area contributed by atoms with Crippen LogP contribution in [0.3, 0.4) is 0 Å². The highest BCUT2D eigenvalue weighted by atomic mass is 16.5. The molecular formula is C20H27N3O2. The Bertz CT molecular complexity index is 791. The zero-order valence-corrected chi connectivity index (χ0v) is 15.3. The van der Waals surface area contributed by atoms with Gasteiger partial charge in [0.2, 0.25) is 0 Å². The number of aromatic amines is 1. The van der Waals surface area contributed by atoms with E-state index in [9.17, 15) is 4.79 Å². The molecule has 1 N–H and O–H groups in total. The predicted molar refractivity (Wildman–Crippen MR) is 97.6 cm³/mol. The van der Waals surface area contributed by atoms with Gasteiger partial charge in [-0.25, -0.2) is 0 Å². The Balaban J connectivity index is 1.61. The van der Waals surface area contributed by atoms with E-state index in [0.29, 0.717) is 11.8 Å². The zero-order chi connectivity index (χ0) is 17.6. The van der Waals surface area contributed by atoms with Crippen LogP contribution in [0, 0.1) is 12.3 Å². The summed E-state index contributed by atoms with van der Waals surface area (Å²) in [6.07, 6.45) is 6.07. The van der Waals surface area contributed by atoms with Gasteiger partial charge in [-0.1, -0.05) is 24.5 Å². The maximum atomic E-state index is 13.2. The van der Waals surface area contributed by atoms with Crippen molar-refractivity contribution in [3.63, 3.8) is 0 Å². The van der Waals surface area contributed by atoms with Gasteiger partial charge in [-0.2, -0.15) is 5.10 Å². The number of hydrogen-bond acceptors (Lipinski definition) is 3. The molecule has 2 aliphatic carbocycles. The predicted octanol–water partition coefficient (Wildman–Crippen LogP) is 3.68. The Hall–Kier alpha value is -1.88. The average molecular weight is 341 g/mol. The van der Waals surface area contributed by atoms with E-state index in [0.717, 1.165) is 29.5 Å². The van der Waals surface area contributed by atoms with Crippen molar-refractivity contribution in [2.75, 3.05) is 13.7 Å². The number of benzene rings is 1. The molecule has 2 aliphatic rings. The molecule has 4 rings (SSSR count). The molecule has 0 saturated heterocycles. The fourth-order valence-corrected chi connectivity index (χ4v) is 4.99. The smallest absolute Gasteiger partial charge is 0.275 e. The number of aryl methyl sites for hydroxylation is 1. The lowest BCUT2D eigenvalue weighted by Crippen LogP contribution is -2.64. The van der Waals surface area contributed by atoms with E-state index in [2.05, 4.69) is 17.1 Å². The number of amides is 1. The van der Waals surface area contributed by atoms with Gasteiger partial charge < -0.3 is 9.64 Å². The van der Waals surface area contributed by atoms with Crippen molar-refractivity contribution >= 4 is 16.8 Å². The van der Waals surface area contributed by atoms with Gasteiger partial charge in [-0.3, -0.25) is 9.89 Å². The van der Waals surface area contributed by atoms with Crippen LogP contribution in [0.1, 0.15) is 55.1 Å². The van der Waals surface area contributed by atoms with Gasteiger partial charge in [0.25, 0.3) is 5.91 Å². The fourth-order valence-electron chi connectivity index (χ4n) is 4.99. The molecule has 1 aromatic carbocycles. The van der Waals surface area contributed by atoms with Crippen molar-refractivity contribution in [2.45, 2.75) is 58.1 Å². The van der Waals surface area contributed by atoms with Gasteiger partial charge in [0.05, 0.1) is 11.6 Å². The van der Waals surface area contributed by atoms with Crippen LogP contribution < -0.4 is 0 Å². The summed E-state index contributed by atoms with van der Waals surface area (Å²) in [6.45, 7) is 4.85. The van der Waals surface area contributed by atoms with Gasteiger partial charge in [0.15, 0.2) is 5.69 Å². The van der Waals surface area contributed by atoms with Gasteiger partial charge in [-0.15, -0.1) is 0 Å². The summed E-state index contributed by atoms with van der Waals surface area (Å²) in [7, 11) is 1.94. The topological polar surface area (TPSA) is 58.2 Å². The molecule has 5 nitrogen and oxygen atoms in total. The summed E-state index contributed by atoms with van der Waals surface area (Å²) < 4.78 is 5.99. The number of aromatic nitrogens is 2. The standard InChI is InChI=1S/C20H27N3O2/c1-4-25-17-12-16(20(17)9-5-6-10-20)23(3)19(24)18-14-11-13(2)7-8-15(14)21-22-18/h7-8,11,16-17H,4-6,9-10,12H2,1-3H3,(H,21,22). The first-order valence-corrected chi connectivity index (χ1v) is 9.40. The third kappa shape index (κ3) is 2.48. The van der Waals surface area contributed by atoms with E-state index in [4.69, 9.17) is 4.74 Å². The molecule has 5 heteroatoms. The lowest BCUT2D eigenvalue weighted by molar-refractivity contribution is -0.152. The number of fused-ring (bicyclic) bond motifs is 1. The first-order chi connectivity index (χ1) is 12.1. The molecular weight excluding hydrogens is 314 g/mol. The van der Waals surface area contributed by atoms with Crippen LogP contribution in [0.2, 0.25) is 0 Å². The van der Waals surface area contributed by atoms with E-state index >= 15 is 0 Å². The van der Waals surface area contributed by atoms with E-state index in [1.165, 1.54) is 25.7 Å². The zero-order valence-electron chi connectivity index (χ0n) is 15.3. The van der Waals surface area contributed by atoms with Crippen LogP contribution in [0.4, 0.5) is 0 Å². The molecule has 2 saturated carbocycles. The summed E-state index contributed by atoms with van der Waals surface area (Å²) in [4.78, 5) is 15.1. The van der Waals surface area contributed by atoms with Gasteiger partial charge in [0.1, 0.15) is 0 Å². The molecule has 25 heavy (non-hydrogen) atoms. The highest BCUT2D eigenvalue weighted by molar-refractivity contribution is 6.04. The molecule has 0 radical (unpaired) electrons. The maximum absolute atomic E-state index is 13.2. The summed E-state index contributed by atoms with van der Waals surface area (Å²) in [6, 6.07) is 6.32. The van der Waals surface area contributed by atoms with E-state index in [-0.39, 0.29) is 17.4 Å². The molecule has 2 atom stereocenters. The van der Waals surface area contributed by atoms with Crippen molar-refractivity contribution in [3.05, 3.63) is 29.5 Å². The fraction of sp³-hybridized carbons (Fsp3) is 0.600. The molecule has 1 spiro atoms. The second-order valence-corrected chi connectivity index (χ2v) is 7.67. The monoisotopic (exact) mass is 341 g/mol. The highest BCUT2D eigenvalue weighted by Crippen LogP contribution is 2.56. The number of hydrogen-bond donors (Lipinski definition) is 1. The van der Waals surface area contributed by atoms with Crippen molar-refractivity contribution in [3.8, 4) is 0 Å². The van der Waals surface area contributed by atoms with Crippen molar-refractivity contribution < 1.29 is 9.53 Å². The summed E-state index contributed by atoms with van der Waals surface area (Å²) in [5.74, 6) is 0.0167. The maximum Gasteiger partial charge on any atom is 0.275 e. The van der Waals surface area contributed by atoms with Gasteiger partial charge in [-0.05, 0) is 45.2 Å². The van der Waals surface area contributed by atoms with E-state index in [1.54, 1.807) is 0 Å². The molecule has 134 valence electrons. The molecule has 0 bridgehead atoms. The molecule has 1 heterocycles. The third-order valence-corrected chi connectivity index (χ3v) is 6.35. The number of nitrogens with zero attached hydrogens (tertiary/aromatic N) is 2. The van der Waals surface area contributed by atoms with Crippen LogP contribution in [0.25, 0.3) is 10.9 Å². The summed E-state index contributed by atoms with van der Waals surface area (Å²) in [5, 5.41) is 8.23. The second-order valence-electron chi connectivity index (χ2n) is 7.67. The minimum absolute atomic E-state index is 0.0167. The molecule has 0 aliphatic heterocycles. The first-order valence-electron chi connectivity index (χ1n) is 9.40. The molecule has 2 unspecified atom stereocenters. The Morgan fingerprint density at radius 2 is 2.16 bits per heavy atom. The highest BCUT2D eigenvalue weighted by Gasteiger charge is 2.59. The Morgan fingerprint density at radius 3 is 2.88 bits per heavy atom. The minimum Gasteiger partial charge on any atom is -0.378 e. The molecule has 1 aromatic heterocycles. The van der Waals surface area contributed by atoms with Crippen molar-refractivity contribution in [1.29, 1.82) is 0 Å². The number of nitrogens with one attached hydrogen (secondary N) is 1. The number of rotatable bonds is 4. The molecule has 2 aromatic rings. The number of H-pyrrole nitrogens is 1. The van der Waals surface area contributed by atoms with Crippen molar-refractivity contribution in [2.24, 2.45) is 5.41 Å². The second kappa shape index (κ2) is 6.13. The minimum atomic E-state index is 0.0167. The number of carbonyl (C=O) groups is 1. The van der Waals surface area contributed by atoms with Crippen molar-refractivity contribution in [1.82, 2.24) is 15.1 Å². The largest absolute Gasteiger partial charge is 0.378 e. The van der Waals surface area contributed by atoms with Crippen LogP contribution in [0.15, 0.2) is 18.2 Å². The lowest BCUT2D eigenvalue weighted by Gasteiger charge is -2.56. The molecule has 1 amide bonds. The van der Waals surface area contributed by atoms with Crippen LogP contribution >= 0.6 is 0 Å². The Kier molecular flexibility index (Phi) is 4.07. The average Bonchev–Trinajstić information content (AvgIpc) is 3.25. The van der Waals surface area contributed by atoms with E-state index in [1.807, 2.05) is 37.1 Å². The van der Waals surface area contributed by atoms with E-state index < -0.39 is 0 Å². The van der Waals surface area contributed by atoms with Gasteiger partial charge in [0, 0.05) is 30.5 Å². The van der Waals surface area contributed by atoms with Crippen LogP contribution in [-0.4, -0.2) is 46.8 Å². The van der Waals surface area contributed by atoms with Crippen LogP contribution in [-0.2, 0) is 4.74 Å². The van der Waals surface area contributed by atoms with Gasteiger partial charge >= 0.3 is 0 Å². The van der Waals surface area contributed by atoms with Crippen LogP contribution in [0.5, 0.6) is 0 Å². The first kappa shape index (κ1) is 16.6. The quantitative estimate of drug-likeness (QED) is 0.923. The SMILES string of the molecule is CCOC1CC(N(C)C(=O)c2n[nH]c3ccc(C)cc23)C12CCCC2. The number of carbonyl (C=O) groups excluding carboxylic acids is 1. The molecule has 2 fully saturated rings.